The number of halogens is 2. The van der Waals surface area contributed by atoms with Crippen molar-refractivity contribution in [2.45, 2.75) is 31.7 Å². The topological polar surface area (TPSA) is 42.2 Å². The first-order valence-electron chi connectivity index (χ1n) is 10.7. The van der Waals surface area contributed by atoms with Crippen molar-refractivity contribution < 1.29 is 4.52 Å². The molecule has 1 unspecified atom stereocenters. The average molecular weight is 456 g/mol. The summed E-state index contributed by atoms with van der Waals surface area (Å²) in [6.45, 7) is 0. The summed E-state index contributed by atoms with van der Waals surface area (Å²) in [5, 5.41) is 5.52. The van der Waals surface area contributed by atoms with E-state index in [2.05, 4.69) is 47.3 Å². The van der Waals surface area contributed by atoms with Gasteiger partial charge in [0, 0.05) is 21.7 Å². The minimum atomic E-state index is 0.415. The summed E-state index contributed by atoms with van der Waals surface area (Å²) in [5.74, 6) is 2.26. The Morgan fingerprint density at radius 3 is 2.42 bits per heavy atom. The molecule has 0 spiro atoms. The predicted molar refractivity (Wildman–Crippen MR) is 127 cm³/mol. The zero-order valence-electron chi connectivity index (χ0n) is 17.8. The van der Waals surface area contributed by atoms with Crippen molar-refractivity contribution in [2.75, 3.05) is 14.1 Å². The van der Waals surface area contributed by atoms with Gasteiger partial charge in [0.15, 0.2) is 0 Å². The molecule has 1 aliphatic rings. The fraction of sp³-hybridized carbons (Fsp3) is 0.360. The lowest BCUT2D eigenvalue weighted by Gasteiger charge is -2.37. The molecule has 1 atom stereocenters. The molecule has 1 heterocycles. The summed E-state index contributed by atoms with van der Waals surface area (Å²) in [6.07, 6.45) is 8.88. The summed E-state index contributed by atoms with van der Waals surface area (Å²) in [6, 6.07) is 16.2. The van der Waals surface area contributed by atoms with Gasteiger partial charge in [-0.2, -0.15) is 4.98 Å². The van der Waals surface area contributed by atoms with Crippen LogP contribution in [0, 0.1) is 11.8 Å². The van der Waals surface area contributed by atoms with Crippen LogP contribution in [-0.4, -0.2) is 29.1 Å². The highest BCUT2D eigenvalue weighted by atomic mass is 35.5. The van der Waals surface area contributed by atoms with Gasteiger partial charge >= 0.3 is 0 Å². The third-order valence-electron chi connectivity index (χ3n) is 6.07. The number of benzene rings is 2. The second-order valence-electron chi connectivity index (χ2n) is 8.46. The van der Waals surface area contributed by atoms with Gasteiger partial charge in [-0.15, -0.1) is 0 Å². The molecule has 0 aliphatic heterocycles. The van der Waals surface area contributed by atoms with E-state index in [1.807, 2.05) is 42.5 Å². The predicted octanol–water partition coefficient (Wildman–Crippen LogP) is 7.17. The van der Waals surface area contributed by atoms with E-state index in [4.69, 9.17) is 27.7 Å². The van der Waals surface area contributed by atoms with E-state index < -0.39 is 0 Å². The van der Waals surface area contributed by atoms with Crippen LogP contribution in [-0.2, 0) is 0 Å². The quantitative estimate of drug-likeness (QED) is 0.395. The molecular formula is C25H27Cl2N3O. The molecule has 1 fully saturated rings. The molecule has 0 saturated heterocycles. The highest BCUT2D eigenvalue weighted by Crippen LogP contribution is 2.40. The van der Waals surface area contributed by atoms with Crippen LogP contribution in [0.3, 0.4) is 0 Å². The number of aromatic nitrogens is 2. The Labute approximate surface area is 193 Å². The van der Waals surface area contributed by atoms with Gasteiger partial charge in [0.25, 0.3) is 5.89 Å². The molecule has 6 heteroatoms. The van der Waals surface area contributed by atoms with Crippen LogP contribution in [0.15, 0.2) is 59.1 Å². The molecule has 31 heavy (non-hydrogen) atoms. The van der Waals surface area contributed by atoms with Crippen molar-refractivity contribution >= 4 is 29.3 Å². The van der Waals surface area contributed by atoms with Crippen LogP contribution in [0.5, 0.6) is 0 Å². The molecule has 1 saturated carbocycles. The monoisotopic (exact) mass is 455 g/mol. The third-order valence-corrected chi connectivity index (χ3v) is 6.55. The highest BCUT2D eigenvalue weighted by molar-refractivity contribution is 6.31. The van der Waals surface area contributed by atoms with E-state index >= 15 is 0 Å². The Bertz CT molecular complexity index is 1020. The molecule has 4 nitrogen and oxygen atoms in total. The molecule has 3 aromatic rings. The minimum absolute atomic E-state index is 0.415. The van der Waals surface area contributed by atoms with Crippen molar-refractivity contribution in [3.8, 4) is 11.4 Å². The maximum Gasteiger partial charge on any atom is 0.250 e. The van der Waals surface area contributed by atoms with Crippen molar-refractivity contribution in [3.05, 3.63) is 76.1 Å². The average Bonchev–Trinajstić information content (AvgIpc) is 3.24. The highest BCUT2D eigenvalue weighted by Gasteiger charge is 2.29. The van der Waals surface area contributed by atoms with Gasteiger partial charge in [-0.1, -0.05) is 58.7 Å². The van der Waals surface area contributed by atoms with E-state index in [-0.39, 0.29) is 0 Å². The Hall–Kier alpha value is -2.14. The molecule has 162 valence electrons. The molecule has 4 rings (SSSR count). The number of allylic oxidation sites excluding steroid dienone is 1. The van der Waals surface area contributed by atoms with Crippen LogP contribution in [0.2, 0.25) is 10.0 Å². The van der Waals surface area contributed by atoms with Crippen LogP contribution >= 0.6 is 23.2 Å². The first-order valence-corrected chi connectivity index (χ1v) is 11.4. The van der Waals surface area contributed by atoms with E-state index in [1.165, 1.54) is 18.4 Å². The van der Waals surface area contributed by atoms with Crippen molar-refractivity contribution in [3.63, 3.8) is 0 Å². The Balaban J connectivity index is 1.36. The lowest BCUT2D eigenvalue weighted by atomic mass is 9.76. The largest absolute Gasteiger partial charge is 0.334 e. The first-order chi connectivity index (χ1) is 15.0. The van der Waals surface area contributed by atoms with Gasteiger partial charge in [0.05, 0.1) is 0 Å². The summed E-state index contributed by atoms with van der Waals surface area (Å²) >= 11 is 12.1. The van der Waals surface area contributed by atoms with Gasteiger partial charge in [-0.3, -0.25) is 0 Å². The molecule has 0 amide bonds. The second-order valence-corrected chi connectivity index (χ2v) is 9.33. The van der Waals surface area contributed by atoms with Gasteiger partial charge in [-0.05, 0) is 87.5 Å². The van der Waals surface area contributed by atoms with Crippen molar-refractivity contribution in [2.24, 2.45) is 11.8 Å². The standard InChI is InChI=1S/C25H27Cl2N3O/c1-30(2)24(19-11-13-21(26)14-12-19)18-9-6-17(7-10-18)8-15-23-28-25(29-31-23)20-4-3-5-22(27)16-20/h3-5,8,11-18,24H,6-7,9-10H2,1-2H3/b15-8+. The Morgan fingerprint density at radius 1 is 1.00 bits per heavy atom. The van der Waals surface area contributed by atoms with E-state index in [9.17, 15) is 0 Å². The van der Waals surface area contributed by atoms with Gasteiger partial charge < -0.3 is 9.42 Å². The molecule has 1 aromatic heterocycles. The smallest absolute Gasteiger partial charge is 0.250 e. The van der Waals surface area contributed by atoms with E-state index in [0.29, 0.717) is 34.6 Å². The maximum atomic E-state index is 6.09. The fourth-order valence-electron chi connectivity index (χ4n) is 4.57. The summed E-state index contributed by atoms with van der Waals surface area (Å²) in [7, 11) is 4.33. The molecule has 0 N–H and O–H groups in total. The Morgan fingerprint density at radius 2 is 1.74 bits per heavy atom. The van der Waals surface area contributed by atoms with Crippen LogP contribution in [0.1, 0.15) is 43.2 Å². The van der Waals surface area contributed by atoms with E-state index in [1.54, 1.807) is 0 Å². The van der Waals surface area contributed by atoms with Crippen LogP contribution in [0.4, 0.5) is 0 Å². The molecular weight excluding hydrogens is 429 g/mol. The molecule has 2 aromatic carbocycles. The van der Waals surface area contributed by atoms with E-state index in [0.717, 1.165) is 23.4 Å². The van der Waals surface area contributed by atoms with Crippen molar-refractivity contribution in [1.29, 1.82) is 0 Å². The third kappa shape index (κ3) is 5.57. The lowest BCUT2D eigenvalue weighted by Crippen LogP contribution is -2.30. The number of hydrogen-bond acceptors (Lipinski definition) is 4. The fourth-order valence-corrected chi connectivity index (χ4v) is 4.89. The molecule has 0 bridgehead atoms. The van der Waals surface area contributed by atoms with Gasteiger partial charge in [-0.25, -0.2) is 0 Å². The zero-order valence-corrected chi connectivity index (χ0v) is 19.4. The van der Waals surface area contributed by atoms with Crippen LogP contribution < -0.4 is 0 Å². The Kier molecular flexibility index (Phi) is 7.11. The maximum absolute atomic E-state index is 6.09. The summed E-state index contributed by atoms with van der Waals surface area (Å²) in [5.41, 5.74) is 2.20. The SMILES string of the molecule is CN(C)C(c1ccc(Cl)cc1)C1CCC(/C=C/c2nc(-c3cccc(Cl)c3)no2)CC1. The lowest BCUT2D eigenvalue weighted by molar-refractivity contribution is 0.159. The first kappa shape index (κ1) is 22.1. The zero-order chi connectivity index (χ0) is 21.8. The minimum Gasteiger partial charge on any atom is -0.334 e. The normalized spacial score (nSPS) is 20.4. The summed E-state index contributed by atoms with van der Waals surface area (Å²) < 4.78 is 5.40. The van der Waals surface area contributed by atoms with Gasteiger partial charge in [0.1, 0.15) is 0 Å². The number of rotatable bonds is 6. The summed E-state index contributed by atoms with van der Waals surface area (Å²) in [4.78, 5) is 6.81. The van der Waals surface area contributed by atoms with Gasteiger partial charge in [0.2, 0.25) is 5.82 Å². The number of nitrogens with zero attached hydrogens (tertiary/aromatic N) is 3. The van der Waals surface area contributed by atoms with Crippen LogP contribution in [0.25, 0.3) is 17.5 Å². The van der Waals surface area contributed by atoms with Crippen molar-refractivity contribution in [1.82, 2.24) is 15.0 Å². The molecule has 0 radical (unpaired) electrons. The molecule has 1 aliphatic carbocycles. The second kappa shape index (κ2) is 9.99. The number of hydrogen-bond donors (Lipinski definition) is 0.